The lowest BCUT2D eigenvalue weighted by molar-refractivity contribution is 0.315. The highest BCUT2D eigenvalue weighted by atomic mass is 32.2. The molecular weight excluding hydrogens is 276 g/mol. The molecule has 0 unspecified atom stereocenters. The van der Waals surface area contributed by atoms with E-state index >= 15 is 0 Å². The summed E-state index contributed by atoms with van der Waals surface area (Å²) >= 11 is 0. The third-order valence-electron chi connectivity index (χ3n) is 2.75. The number of nitrogens with one attached hydrogen (secondary N) is 2. The van der Waals surface area contributed by atoms with Crippen LogP contribution in [-0.2, 0) is 10.0 Å². The van der Waals surface area contributed by atoms with Crippen LogP contribution in [-0.4, -0.2) is 34.7 Å². The zero-order valence-corrected chi connectivity index (χ0v) is 13.0. The van der Waals surface area contributed by atoms with Crippen LogP contribution < -0.4 is 14.8 Å². The predicted molar refractivity (Wildman–Crippen MR) is 80.6 cm³/mol. The van der Waals surface area contributed by atoms with Gasteiger partial charge in [-0.3, -0.25) is 0 Å². The van der Waals surface area contributed by atoms with E-state index in [-0.39, 0.29) is 4.90 Å². The number of hydrogen-bond donors (Lipinski definition) is 2. The molecule has 20 heavy (non-hydrogen) atoms. The number of benzene rings is 1. The van der Waals surface area contributed by atoms with Crippen molar-refractivity contribution >= 4 is 10.0 Å². The van der Waals surface area contributed by atoms with E-state index in [1.807, 2.05) is 13.8 Å². The van der Waals surface area contributed by atoms with Gasteiger partial charge in [0.1, 0.15) is 12.4 Å². The van der Waals surface area contributed by atoms with Crippen molar-refractivity contribution < 1.29 is 13.2 Å². The summed E-state index contributed by atoms with van der Waals surface area (Å²) in [6.07, 6.45) is 1.80. The minimum atomic E-state index is -3.40. The number of unbranched alkanes of at least 4 members (excludes halogenated alkanes) is 1. The summed E-state index contributed by atoms with van der Waals surface area (Å²) in [6, 6.07) is 6.49. The van der Waals surface area contributed by atoms with Crippen LogP contribution in [0.25, 0.3) is 0 Å². The molecule has 114 valence electrons. The normalized spacial score (nSPS) is 11.5. The fraction of sp³-hybridized carbons (Fsp3) is 0.571. The van der Waals surface area contributed by atoms with Gasteiger partial charge in [-0.1, -0.05) is 20.3 Å². The van der Waals surface area contributed by atoms with Crippen molar-refractivity contribution in [3.8, 4) is 5.75 Å². The molecule has 0 spiro atoms. The summed E-state index contributed by atoms with van der Waals surface area (Å²) in [5.74, 6) is 0.676. The molecule has 0 saturated heterocycles. The van der Waals surface area contributed by atoms with Crippen LogP contribution in [0, 0.1) is 0 Å². The first-order valence-electron chi connectivity index (χ1n) is 7.03. The Kier molecular flexibility index (Phi) is 7.58. The predicted octanol–water partition coefficient (Wildman–Crippen LogP) is 1.75. The SMILES string of the molecule is CCCCNS(=O)(=O)c1ccc(OCCNCC)cc1. The first-order valence-corrected chi connectivity index (χ1v) is 8.51. The van der Waals surface area contributed by atoms with Gasteiger partial charge in [-0.25, -0.2) is 13.1 Å². The van der Waals surface area contributed by atoms with Gasteiger partial charge in [0.2, 0.25) is 10.0 Å². The molecule has 0 heterocycles. The van der Waals surface area contributed by atoms with E-state index in [9.17, 15) is 8.42 Å². The van der Waals surface area contributed by atoms with Crippen molar-refractivity contribution in [3.63, 3.8) is 0 Å². The molecule has 0 fully saturated rings. The van der Waals surface area contributed by atoms with Crippen LogP contribution in [0.15, 0.2) is 29.2 Å². The van der Waals surface area contributed by atoms with E-state index in [0.717, 1.165) is 25.9 Å². The molecule has 0 aromatic heterocycles. The second-order valence-corrected chi connectivity index (χ2v) is 6.19. The van der Waals surface area contributed by atoms with Crippen LogP contribution in [0.4, 0.5) is 0 Å². The maximum absolute atomic E-state index is 12.0. The van der Waals surface area contributed by atoms with Gasteiger partial charge in [0.05, 0.1) is 4.90 Å². The summed E-state index contributed by atoms with van der Waals surface area (Å²) in [4.78, 5) is 0.271. The van der Waals surface area contributed by atoms with Crippen LogP contribution in [0.3, 0.4) is 0 Å². The maximum atomic E-state index is 12.0. The van der Waals surface area contributed by atoms with E-state index in [2.05, 4.69) is 10.0 Å². The van der Waals surface area contributed by atoms with Gasteiger partial charge < -0.3 is 10.1 Å². The zero-order valence-electron chi connectivity index (χ0n) is 12.2. The Labute approximate surface area is 121 Å². The topological polar surface area (TPSA) is 67.4 Å². The van der Waals surface area contributed by atoms with E-state index in [1.165, 1.54) is 0 Å². The third kappa shape index (κ3) is 5.90. The van der Waals surface area contributed by atoms with E-state index in [4.69, 9.17) is 4.74 Å². The standard InChI is InChI=1S/C14H24N2O3S/c1-3-5-10-16-20(17,18)14-8-6-13(7-9-14)19-12-11-15-4-2/h6-9,15-16H,3-5,10-12H2,1-2H3. The number of rotatable bonds is 10. The summed E-state index contributed by atoms with van der Waals surface area (Å²) in [7, 11) is -3.40. The average molecular weight is 300 g/mol. The Morgan fingerprint density at radius 2 is 1.80 bits per heavy atom. The first-order chi connectivity index (χ1) is 9.60. The van der Waals surface area contributed by atoms with E-state index in [0.29, 0.717) is 18.9 Å². The highest BCUT2D eigenvalue weighted by molar-refractivity contribution is 7.89. The van der Waals surface area contributed by atoms with Gasteiger partial charge in [0, 0.05) is 13.1 Å². The van der Waals surface area contributed by atoms with Crippen molar-refractivity contribution in [2.45, 2.75) is 31.6 Å². The quantitative estimate of drug-likeness (QED) is 0.646. The van der Waals surface area contributed by atoms with Crippen LogP contribution in [0.1, 0.15) is 26.7 Å². The minimum Gasteiger partial charge on any atom is -0.492 e. The van der Waals surface area contributed by atoms with Crippen LogP contribution >= 0.6 is 0 Å². The fourth-order valence-electron chi connectivity index (χ4n) is 1.60. The number of sulfonamides is 1. The Morgan fingerprint density at radius 1 is 1.10 bits per heavy atom. The molecule has 1 aromatic carbocycles. The summed E-state index contributed by atoms with van der Waals surface area (Å²) in [6.45, 7) is 6.77. The largest absolute Gasteiger partial charge is 0.492 e. The third-order valence-corrected chi connectivity index (χ3v) is 4.23. The van der Waals surface area contributed by atoms with E-state index in [1.54, 1.807) is 24.3 Å². The molecule has 0 aliphatic rings. The fourth-order valence-corrected chi connectivity index (χ4v) is 2.67. The number of ether oxygens (including phenoxy) is 1. The lowest BCUT2D eigenvalue weighted by Crippen LogP contribution is -2.24. The smallest absolute Gasteiger partial charge is 0.240 e. The minimum absolute atomic E-state index is 0.271. The van der Waals surface area contributed by atoms with Crippen molar-refractivity contribution in [2.24, 2.45) is 0 Å². The Hall–Kier alpha value is -1.11. The molecule has 0 radical (unpaired) electrons. The van der Waals surface area contributed by atoms with Gasteiger partial charge >= 0.3 is 0 Å². The molecular formula is C14H24N2O3S. The summed E-state index contributed by atoms with van der Waals surface area (Å²) < 4.78 is 32.0. The van der Waals surface area contributed by atoms with Crippen LogP contribution in [0.2, 0.25) is 0 Å². The van der Waals surface area contributed by atoms with Gasteiger partial charge in [-0.15, -0.1) is 0 Å². The highest BCUT2D eigenvalue weighted by Crippen LogP contribution is 2.15. The maximum Gasteiger partial charge on any atom is 0.240 e. The summed E-state index contributed by atoms with van der Waals surface area (Å²) in [5.41, 5.74) is 0. The zero-order chi connectivity index (χ0) is 14.8. The van der Waals surface area contributed by atoms with Crippen LogP contribution in [0.5, 0.6) is 5.75 Å². The second-order valence-electron chi connectivity index (χ2n) is 4.42. The van der Waals surface area contributed by atoms with E-state index < -0.39 is 10.0 Å². The molecule has 0 aliphatic carbocycles. The lowest BCUT2D eigenvalue weighted by Gasteiger charge is -2.09. The van der Waals surface area contributed by atoms with Gasteiger partial charge in [-0.05, 0) is 37.2 Å². The summed E-state index contributed by atoms with van der Waals surface area (Å²) in [5, 5.41) is 3.15. The molecule has 0 atom stereocenters. The van der Waals surface area contributed by atoms with Crippen molar-refractivity contribution in [3.05, 3.63) is 24.3 Å². The molecule has 1 aromatic rings. The Balaban J connectivity index is 2.52. The Morgan fingerprint density at radius 3 is 2.40 bits per heavy atom. The molecule has 0 aliphatic heterocycles. The Bertz CT molecular complexity index is 472. The molecule has 0 bridgehead atoms. The highest BCUT2D eigenvalue weighted by Gasteiger charge is 2.12. The molecule has 5 nitrogen and oxygen atoms in total. The lowest BCUT2D eigenvalue weighted by atomic mass is 10.3. The molecule has 0 amide bonds. The number of likely N-dealkylation sites (N-methyl/N-ethyl adjacent to an activating group) is 1. The molecule has 1 rings (SSSR count). The van der Waals surface area contributed by atoms with Gasteiger partial charge in [-0.2, -0.15) is 0 Å². The number of hydrogen-bond acceptors (Lipinski definition) is 4. The van der Waals surface area contributed by atoms with Crippen molar-refractivity contribution in [1.82, 2.24) is 10.0 Å². The average Bonchev–Trinajstić information content (AvgIpc) is 2.44. The van der Waals surface area contributed by atoms with Gasteiger partial charge in [0.15, 0.2) is 0 Å². The van der Waals surface area contributed by atoms with Gasteiger partial charge in [0.25, 0.3) is 0 Å². The molecule has 6 heteroatoms. The molecule has 2 N–H and O–H groups in total. The molecule has 0 saturated carbocycles. The van der Waals surface area contributed by atoms with Crippen molar-refractivity contribution in [1.29, 1.82) is 0 Å². The monoisotopic (exact) mass is 300 g/mol. The first kappa shape index (κ1) is 16.9. The van der Waals surface area contributed by atoms with Crippen molar-refractivity contribution in [2.75, 3.05) is 26.2 Å². The second kappa shape index (κ2) is 8.94.